The predicted molar refractivity (Wildman–Crippen MR) is 104 cm³/mol. The Bertz CT molecular complexity index is 940. The minimum absolute atomic E-state index is 0.407. The van der Waals surface area contributed by atoms with Crippen molar-refractivity contribution in [3.63, 3.8) is 0 Å². The number of benzene rings is 2. The standard InChI is InChI=1S/C20H19N5S/c1-2-5-14(6-3-1)15-8-10-16(11-9-15)18-13-26-20-23-22-19(25(20)24-18)17-7-4-12-21-17/h1-3,5-6,8-11,13,17,21,24H,4,7,12H2/p+1/t17-/m1/s1. The molecule has 0 spiro atoms. The number of hydrogen-bond acceptors (Lipinski definition) is 4. The maximum absolute atomic E-state index is 4.43. The summed E-state index contributed by atoms with van der Waals surface area (Å²) in [7, 11) is 0. The fourth-order valence-corrected chi connectivity index (χ4v) is 4.32. The molecule has 1 atom stereocenters. The van der Waals surface area contributed by atoms with Crippen LogP contribution < -0.4 is 10.7 Å². The highest BCUT2D eigenvalue weighted by molar-refractivity contribution is 8.02. The van der Waals surface area contributed by atoms with Gasteiger partial charge in [0.1, 0.15) is 6.04 Å². The first-order chi connectivity index (χ1) is 12.9. The molecular weight excluding hydrogens is 342 g/mol. The van der Waals surface area contributed by atoms with Gasteiger partial charge in [0, 0.05) is 18.2 Å². The largest absolute Gasteiger partial charge is 0.337 e. The van der Waals surface area contributed by atoms with Gasteiger partial charge in [0.05, 0.1) is 12.2 Å². The molecule has 3 N–H and O–H groups in total. The molecule has 0 unspecified atom stereocenters. The molecule has 2 aliphatic heterocycles. The quantitative estimate of drug-likeness (QED) is 0.752. The maximum Gasteiger partial charge on any atom is 0.214 e. The lowest BCUT2D eigenvalue weighted by atomic mass is 10.0. The van der Waals surface area contributed by atoms with Crippen molar-refractivity contribution in [2.45, 2.75) is 24.0 Å². The van der Waals surface area contributed by atoms with E-state index < -0.39 is 0 Å². The molecule has 0 amide bonds. The van der Waals surface area contributed by atoms with Crippen molar-refractivity contribution in [2.24, 2.45) is 0 Å². The molecule has 3 aromatic rings. The summed E-state index contributed by atoms with van der Waals surface area (Å²) in [6.45, 7) is 1.17. The van der Waals surface area contributed by atoms with E-state index in [1.54, 1.807) is 11.8 Å². The Balaban J connectivity index is 1.40. The van der Waals surface area contributed by atoms with E-state index in [-0.39, 0.29) is 0 Å². The van der Waals surface area contributed by atoms with E-state index >= 15 is 0 Å². The molecule has 5 rings (SSSR count). The van der Waals surface area contributed by atoms with Crippen molar-refractivity contribution in [3.8, 4) is 11.1 Å². The van der Waals surface area contributed by atoms with Crippen LogP contribution in [0, 0.1) is 0 Å². The van der Waals surface area contributed by atoms with Crippen LogP contribution in [0.1, 0.15) is 30.3 Å². The molecular formula is C20H20N5S+. The number of nitrogens with zero attached hydrogens (tertiary/aromatic N) is 3. The minimum Gasteiger partial charge on any atom is -0.337 e. The molecule has 1 fully saturated rings. The van der Waals surface area contributed by atoms with Gasteiger partial charge in [0.25, 0.3) is 0 Å². The van der Waals surface area contributed by atoms with Gasteiger partial charge in [0.15, 0.2) is 0 Å². The van der Waals surface area contributed by atoms with Crippen LogP contribution in [0.3, 0.4) is 0 Å². The Kier molecular flexibility index (Phi) is 3.99. The van der Waals surface area contributed by atoms with Crippen LogP contribution in [0.25, 0.3) is 16.8 Å². The Morgan fingerprint density at radius 2 is 1.73 bits per heavy atom. The normalized spacial score (nSPS) is 18.9. The summed E-state index contributed by atoms with van der Waals surface area (Å²) in [5.74, 6) is 1.02. The first-order valence-electron chi connectivity index (χ1n) is 8.97. The van der Waals surface area contributed by atoms with Gasteiger partial charge in [-0.3, -0.25) is 5.43 Å². The van der Waals surface area contributed by atoms with Crippen molar-refractivity contribution in [1.82, 2.24) is 14.9 Å². The van der Waals surface area contributed by atoms with Gasteiger partial charge in [0.2, 0.25) is 11.0 Å². The van der Waals surface area contributed by atoms with Crippen LogP contribution in [0.4, 0.5) is 0 Å². The van der Waals surface area contributed by atoms with Gasteiger partial charge in [-0.15, -0.1) is 10.2 Å². The highest BCUT2D eigenvalue weighted by Gasteiger charge is 2.29. The first-order valence-corrected chi connectivity index (χ1v) is 9.85. The maximum atomic E-state index is 4.43. The predicted octanol–water partition coefficient (Wildman–Crippen LogP) is 2.99. The van der Waals surface area contributed by atoms with Gasteiger partial charge in [-0.05, 0) is 16.7 Å². The summed E-state index contributed by atoms with van der Waals surface area (Å²) in [4.78, 5) is 0. The average molecular weight is 362 g/mol. The van der Waals surface area contributed by atoms with Crippen LogP contribution >= 0.6 is 11.8 Å². The molecule has 3 heterocycles. The molecule has 1 saturated heterocycles. The Hall–Kier alpha value is -2.57. The van der Waals surface area contributed by atoms with Gasteiger partial charge in [-0.2, -0.15) is 0 Å². The van der Waals surface area contributed by atoms with Crippen molar-refractivity contribution in [2.75, 3.05) is 12.0 Å². The van der Waals surface area contributed by atoms with Crippen LogP contribution in [0.2, 0.25) is 0 Å². The van der Waals surface area contributed by atoms with E-state index in [0.717, 1.165) is 28.7 Å². The minimum atomic E-state index is 0.407. The van der Waals surface area contributed by atoms with Crippen LogP contribution in [0.5, 0.6) is 0 Å². The zero-order chi connectivity index (χ0) is 17.3. The number of thioether (sulfide) groups is 1. The third-order valence-corrected chi connectivity index (χ3v) is 5.81. The number of nitrogens with two attached hydrogens (primary N) is 1. The molecule has 5 nitrogen and oxygen atoms in total. The SMILES string of the molecule is C1=C(c2ccc(-c3ccccc3)cc2)Nn2c(nnc2[C@H]2CCC[NH2+]2)S1. The lowest BCUT2D eigenvalue weighted by molar-refractivity contribution is -0.677. The molecule has 0 saturated carbocycles. The molecule has 1 aromatic heterocycles. The molecule has 0 bridgehead atoms. The fourth-order valence-electron chi connectivity index (χ4n) is 3.58. The average Bonchev–Trinajstić information content (AvgIpc) is 3.38. The third kappa shape index (κ3) is 2.81. The fraction of sp³-hybridized carbons (Fsp3) is 0.200. The molecule has 130 valence electrons. The summed E-state index contributed by atoms with van der Waals surface area (Å²) in [6, 6.07) is 19.5. The zero-order valence-electron chi connectivity index (χ0n) is 14.3. The number of nitrogens with one attached hydrogen (secondary N) is 1. The summed E-state index contributed by atoms with van der Waals surface area (Å²) in [5.41, 5.74) is 8.22. The van der Waals surface area contributed by atoms with E-state index in [2.05, 4.69) is 79.6 Å². The topological polar surface area (TPSA) is 59.4 Å². The zero-order valence-corrected chi connectivity index (χ0v) is 15.1. The van der Waals surface area contributed by atoms with E-state index in [4.69, 9.17) is 0 Å². The highest BCUT2D eigenvalue weighted by atomic mass is 32.2. The number of rotatable bonds is 3. The summed E-state index contributed by atoms with van der Waals surface area (Å²) < 4.78 is 2.05. The molecule has 0 radical (unpaired) electrons. The third-order valence-electron chi connectivity index (χ3n) is 4.98. The van der Waals surface area contributed by atoms with Gasteiger partial charge < -0.3 is 5.32 Å². The van der Waals surface area contributed by atoms with E-state index in [9.17, 15) is 0 Å². The lowest BCUT2D eigenvalue weighted by Gasteiger charge is -2.20. The molecule has 0 aliphatic carbocycles. The second kappa shape index (κ2) is 6.63. The Labute approximate surface area is 156 Å². The van der Waals surface area contributed by atoms with Crippen LogP contribution in [-0.4, -0.2) is 21.4 Å². The van der Waals surface area contributed by atoms with Crippen molar-refractivity contribution >= 4 is 17.5 Å². The molecule has 2 aromatic carbocycles. The monoisotopic (exact) mass is 362 g/mol. The molecule has 6 heteroatoms. The number of fused-ring (bicyclic) bond motifs is 1. The van der Waals surface area contributed by atoms with Crippen LogP contribution in [0.15, 0.2) is 65.2 Å². The second-order valence-corrected chi connectivity index (χ2v) is 7.49. The van der Waals surface area contributed by atoms with Crippen molar-refractivity contribution in [3.05, 3.63) is 71.4 Å². The highest BCUT2D eigenvalue weighted by Crippen LogP contribution is 2.31. The summed E-state index contributed by atoms with van der Waals surface area (Å²) >= 11 is 1.62. The Morgan fingerprint density at radius 3 is 2.50 bits per heavy atom. The van der Waals surface area contributed by atoms with Gasteiger partial charge in [-0.25, -0.2) is 4.68 Å². The number of hydrogen-bond donors (Lipinski definition) is 2. The van der Waals surface area contributed by atoms with Crippen molar-refractivity contribution < 1.29 is 5.32 Å². The molecule has 2 aliphatic rings. The number of quaternary nitrogens is 1. The Morgan fingerprint density at radius 1 is 0.962 bits per heavy atom. The number of aromatic nitrogens is 3. The molecule has 26 heavy (non-hydrogen) atoms. The van der Waals surface area contributed by atoms with E-state index in [0.29, 0.717) is 6.04 Å². The van der Waals surface area contributed by atoms with Gasteiger partial charge in [-0.1, -0.05) is 66.4 Å². The smallest absolute Gasteiger partial charge is 0.214 e. The van der Waals surface area contributed by atoms with Gasteiger partial charge >= 0.3 is 0 Å². The van der Waals surface area contributed by atoms with Crippen molar-refractivity contribution in [1.29, 1.82) is 0 Å². The first kappa shape index (κ1) is 15.7. The van der Waals surface area contributed by atoms with Crippen LogP contribution in [-0.2, 0) is 0 Å². The van der Waals surface area contributed by atoms with E-state index in [1.165, 1.54) is 24.1 Å². The summed E-state index contributed by atoms with van der Waals surface area (Å²) in [6.07, 6.45) is 2.40. The lowest BCUT2D eigenvalue weighted by Crippen LogP contribution is -2.82. The summed E-state index contributed by atoms with van der Waals surface area (Å²) in [5, 5.41) is 14.1. The van der Waals surface area contributed by atoms with E-state index in [1.807, 2.05) is 6.07 Å². The second-order valence-electron chi connectivity index (χ2n) is 6.65.